The molecule has 2 aromatic rings. The minimum absolute atomic E-state index is 0.176. The summed E-state index contributed by atoms with van der Waals surface area (Å²) in [5.74, 6) is -5.91. The lowest BCUT2D eigenvalue weighted by atomic mass is 10.0. The van der Waals surface area contributed by atoms with Crippen LogP contribution in [0.15, 0.2) is 30.5 Å². The number of para-hydroxylation sites is 1. The summed E-state index contributed by atoms with van der Waals surface area (Å²) in [5, 5.41) is 35.4. The highest BCUT2D eigenvalue weighted by Gasteiger charge is 2.33. The molecular weight excluding hydrogens is 494 g/mol. The first kappa shape index (κ1) is 28.6. The maximum Gasteiger partial charge on any atom is 0.326 e. The van der Waals surface area contributed by atoms with Crippen LogP contribution in [0, 0.1) is 0 Å². The van der Waals surface area contributed by atoms with Crippen molar-refractivity contribution in [1.29, 1.82) is 0 Å². The molecule has 2 rings (SSSR count). The van der Waals surface area contributed by atoms with E-state index < -0.39 is 66.4 Å². The fourth-order valence-electron chi connectivity index (χ4n) is 3.40. The molecule has 1 heterocycles. The average molecular weight is 524 g/mol. The van der Waals surface area contributed by atoms with E-state index in [1.165, 1.54) is 6.92 Å². The van der Waals surface area contributed by atoms with Gasteiger partial charge in [0.1, 0.15) is 18.1 Å². The summed E-state index contributed by atoms with van der Waals surface area (Å²) in [5.41, 5.74) is 7.72. The Labute approximate surface area is 211 Å². The maximum atomic E-state index is 12.7. The fraction of sp³-hybridized carbons (Fsp3) is 0.409. The highest BCUT2D eigenvalue weighted by Crippen LogP contribution is 2.18. The SMILES string of the molecule is CC(O)C(NC(=O)C(CS)NC(=O)C(N)Cc1c[nH]c2ccccc12)C(=O)NC(CC(=O)O)C(=O)O. The number of rotatable bonds is 13. The predicted molar refractivity (Wildman–Crippen MR) is 131 cm³/mol. The number of aliphatic hydroxyl groups is 1. The number of fused-ring (bicyclic) bond motifs is 1. The van der Waals surface area contributed by atoms with E-state index in [1.54, 1.807) is 6.20 Å². The molecule has 0 radical (unpaired) electrons. The van der Waals surface area contributed by atoms with Gasteiger partial charge in [-0.2, -0.15) is 12.6 Å². The van der Waals surface area contributed by atoms with E-state index in [-0.39, 0.29) is 12.2 Å². The molecule has 1 aromatic carbocycles. The van der Waals surface area contributed by atoms with Crippen LogP contribution in [0.3, 0.4) is 0 Å². The van der Waals surface area contributed by atoms with Gasteiger partial charge in [0.05, 0.1) is 18.6 Å². The Kier molecular flexibility index (Phi) is 10.3. The Morgan fingerprint density at radius 1 is 1.00 bits per heavy atom. The van der Waals surface area contributed by atoms with Crippen LogP contribution < -0.4 is 21.7 Å². The molecule has 36 heavy (non-hydrogen) atoms. The quantitative estimate of drug-likeness (QED) is 0.137. The van der Waals surface area contributed by atoms with Crippen LogP contribution in [0.1, 0.15) is 18.9 Å². The minimum atomic E-state index is -1.78. The van der Waals surface area contributed by atoms with Crippen molar-refractivity contribution in [3.05, 3.63) is 36.0 Å². The Hall–Kier alpha value is -3.62. The first-order chi connectivity index (χ1) is 16.9. The summed E-state index contributed by atoms with van der Waals surface area (Å²) in [7, 11) is 0. The van der Waals surface area contributed by atoms with Gasteiger partial charge in [-0.05, 0) is 25.0 Å². The molecule has 0 bridgehead atoms. The molecule has 0 aliphatic heterocycles. The zero-order valence-corrected chi connectivity index (χ0v) is 20.2. The predicted octanol–water partition coefficient (Wildman–Crippen LogP) is -1.64. The monoisotopic (exact) mass is 523 g/mol. The fourth-order valence-corrected chi connectivity index (χ4v) is 3.66. The van der Waals surface area contributed by atoms with Gasteiger partial charge in [-0.15, -0.1) is 0 Å². The second-order valence-corrected chi connectivity index (χ2v) is 8.50. The number of hydrogen-bond donors (Lipinski definition) is 9. The Bertz CT molecular complexity index is 1120. The highest BCUT2D eigenvalue weighted by atomic mass is 32.1. The molecule has 196 valence electrons. The number of carboxylic acids is 2. The molecule has 0 saturated heterocycles. The van der Waals surface area contributed by atoms with Crippen molar-refractivity contribution in [2.24, 2.45) is 5.73 Å². The number of amides is 3. The van der Waals surface area contributed by atoms with Crippen LogP contribution in [0.5, 0.6) is 0 Å². The van der Waals surface area contributed by atoms with E-state index in [0.29, 0.717) is 0 Å². The van der Waals surface area contributed by atoms with Crippen molar-refractivity contribution in [3.8, 4) is 0 Å². The lowest BCUT2D eigenvalue weighted by Gasteiger charge is -2.25. The summed E-state index contributed by atoms with van der Waals surface area (Å²) in [6, 6.07) is 1.80. The number of aromatic nitrogens is 1. The van der Waals surface area contributed by atoms with Gasteiger partial charge in [-0.3, -0.25) is 19.2 Å². The smallest absolute Gasteiger partial charge is 0.326 e. The van der Waals surface area contributed by atoms with Crippen molar-refractivity contribution in [2.45, 2.75) is 50.0 Å². The van der Waals surface area contributed by atoms with Crippen molar-refractivity contribution in [2.75, 3.05) is 5.75 Å². The van der Waals surface area contributed by atoms with Gasteiger partial charge in [0.25, 0.3) is 0 Å². The second kappa shape index (κ2) is 12.9. The molecular formula is C22H29N5O8S. The summed E-state index contributed by atoms with van der Waals surface area (Å²) in [4.78, 5) is 63.0. The number of carbonyl (C=O) groups excluding carboxylic acids is 3. The van der Waals surface area contributed by atoms with E-state index >= 15 is 0 Å². The molecule has 0 aliphatic carbocycles. The lowest BCUT2D eigenvalue weighted by Crippen LogP contribution is -2.60. The second-order valence-electron chi connectivity index (χ2n) is 8.14. The van der Waals surface area contributed by atoms with Crippen LogP contribution in [-0.4, -0.2) is 86.0 Å². The molecule has 5 atom stereocenters. The zero-order valence-electron chi connectivity index (χ0n) is 19.3. The van der Waals surface area contributed by atoms with E-state index in [2.05, 4.69) is 28.2 Å². The van der Waals surface area contributed by atoms with Crippen LogP contribution in [0.4, 0.5) is 0 Å². The molecule has 1 aromatic heterocycles. The summed E-state index contributed by atoms with van der Waals surface area (Å²) >= 11 is 4.05. The molecule has 0 spiro atoms. The Morgan fingerprint density at radius 2 is 1.64 bits per heavy atom. The van der Waals surface area contributed by atoms with E-state index in [0.717, 1.165) is 16.5 Å². The first-order valence-electron chi connectivity index (χ1n) is 10.9. The topological polar surface area (TPSA) is 224 Å². The first-order valence-corrected chi connectivity index (χ1v) is 11.5. The van der Waals surface area contributed by atoms with Gasteiger partial charge in [0.2, 0.25) is 17.7 Å². The molecule has 0 saturated carbocycles. The van der Waals surface area contributed by atoms with E-state index in [1.807, 2.05) is 29.6 Å². The molecule has 5 unspecified atom stereocenters. The van der Waals surface area contributed by atoms with Crippen molar-refractivity contribution < 1.29 is 39.3 Å². The van der Waals surface area contributed by atoms with E-state index in [4.69, 9.17) is 15.9 Å². The molecule has 0 fully saturated rings. The van der Waals surface area contributed by atoms with E-state index in [9.17, 15) is 29.1 Å². The highest BCUT2D eigenvalue weighted by molar-refractivity contribution is 7.80. The minimum Gasteiger partial charge on any atom is -0.481 e. The van der Waals surface area contributed by atoms with Crippen molar-refractivity contribution in [1.82, 2.24) is 20.9 Å². The largest absolute Gasteiger partial charge is 0.481 e. The number of aliphatic carboxylic acids is 2. The lowest BCUT2D eigenvalue weighted by molar-refractivity contribution is -0.147. The van der Waals surface area contributed by atoms with Gasteiger partial charge in [0.15, 0.2) is 0 Å². The number of hydrogen-bond acceptors (Lipinski definition) is 8. The van der Waals surface area contributed by atoms with Crippen LogP contribution in [0.2, 0.25) is 0 Å². The number of H-pyrrole nitrogens is 1. The normalized spacial score (nSPS) is 15.2. The van der Waals surface area contributed by atoms with Gasteiger partial charge in [-0.25, -0.2) is 4.79 Å². The van der Waals surface area contributed by atoms with Crippen LogP contribution in [0.25, 0.3) is 10.9 Å². The van der Waals surface area contributed by atoms with Gasteiger partial charge < -0.3 is 42.0 Å². The van der Waals surface area contributed by atoms with Crippen LogP contribution >= 0.6 is 12.6 Å². The molecule has 9 N–H and O–H groups in total. The summed E-state index contributed by atoms with van der Waals surface area (Å²) in [6.45, 7) is 1.17. The molecule has 13 nitrogen and oxygen atoms in total. The number of benzene rings is 1. The Morgan fingerprint density at radius 3 is 2.22 bits per heavy atom. The third-order valence-electron chi connectivity index (χ3n) is 5.32. The number of carboxylic acid groups (broad SMARTS) is 2. The Balaban J connectivity index is 2.03. The molecule has 14 heteroatoms. The number of nitrogens with one attached hydrogen (secondary N) is 4. The third kappa shape index (κ3) is 7.69. The number of aromatic amines is 1. The molecule has 0 aliphatic rings. The maximum absolute atomic E-state index is 12.7. The van der Waals surface area contributed by atoms with Gasteiger partial charge in [-0.1, -0.05) is 18.2 Å². The van der Waals surface area contributed by atoms with Crippen molar-refractivity contribution >= 4 is 53.2 Å². The average Bonchev–Trinajstić information content (AvgIpc) is 3.22. The zero-order chi connectivity index (χ0) is 27.0. The molecule has 3 amide bonds. The van der Waals surface area contributed by atoms with Crippen LogP contribution in [-0.2, 0) is 30.4 Å². The van der Waals surface area contributed by atoms with Gasteiger partial charge in [0, 0.05) is 22.9 Å². The van der Waals surface area contributed by atoms with Gasteiger partial charge >= 0.3 is 11.9 Å². The summed E-state index contributed by atoms with van der Waals surface area (Å²) in [6.07, 6.45) is -0.476. The standard InChI is InChI=1S/C22H29N5O8S/c1-10(28)18(21(33)25-15(22(34)35)7-17(29)30)27-20(32)16(9-36)26-19(31)13(23)6-11-8-24-14-5-3-2-4-12(11)14/h2-5,8,10,13,15-16,18,24,28,36H,6-7,9,23H2,1H3,(H,25,33)(H,26,31)(H,27,32)(H,29,30)(H,34,35). The van der Waals surface area contributed by atoms with Crippen molar-refractivity contribution in [3.63, 3.8) is 0 Å². The number of carbonyl (C=O) groups is 5. The number of thiol groups is 1. The summed E-state index contributed by atoms with van der Waals surface area (Å²) < 4.78 is 0. The third-order valence-corrected chi connectivity index (χ3v) is 5.69. The number of aliphatic hydroxyl groups excluding tert-OH is 1. The number of nitrogens with two attached hydrogens (primary N) is 1.